The molecule has 0 aromatic heterocycles. The minimum absolute atomic E-state index is 0.105. The number of nitrogens with zero attached hydrogens (tertiary/aromatic N) is 1. The van der Waals surface area contributed by atoms with E-state index in [1.54, 1.807) is 0 Å². The summed E-state index contributed by atoms with van der Waals surface area (Å²) in [5, 5.41) is 0. The molecular weight excluding hydrogens is 246 g/mol. The Morgan fingerprint density at radius 1 is 1.32 bits per heavy atom. The topological polar surface area (TPSA) is 55.8 Å². The Morgan fingerprint density at radius 3 is 2.58 bits per heavy atom. The van der Waals surface area contributed by atoms with Crippen LogP contribution in [0.2, 0.25) is 0 Å². The van der Waals surface area contributed by atoms with E-state index in [-0.39, 0.29) is 5.78 Å². The number of rotatable bonds is 3. The van der Waals surface area contributed by atoms with Crippen molar-refractivity contribution in [2.75, 3.05) is 19.8 Å². The molecule has 1 saturated carbocycles. The molecule has 1 heterocycles. The van der Waals surface area contributed by atoms with Crippen LogP contribution >= 0.6 is 0 Å². The first kappa shape index (κ1) is 14.3. The summed E-state index contributed by atoms with van der Waals surface area (Å²) >= 11 is 0. The van der Waals surface area contributed by atoms with Gasteiger partial charge in [0.25, 0.3) is 0 Å². The fourth-order valence-electron chi connectivity index (χ4n) is 2.15. The maximum absolute atomic E-state index is 12.2. The van der Waals surface area contributed by atoms with Crippen LogP contribution in [0.25, 0.3) is 0 Å². The molecule has 0 N–H and O–H groups in total. The van der Waals surface area contributed by atoms with Crippen molar-refractivity contribution >= 4 is 11.9 Å². The summed E-state index contributed by atoms with van der Waals surface area (Å²) in [6, 6.07) is -0.468. The van der Waals surface area contributed by atoms with E-state index >= 15 is 0 Å². The van der Waals surface area contributed by atoms with E-state index in [1.807, 2.05) is 20.8 Å². The lowest BCUT2D eigenvalue weighted by Crippen LogP contribution is -2.53. The lowest BCUT2D eigenvalue weighted by molar-refractivity contribution is -0.130. The van der Waals surface area contributed by atoms with Gasteiger partial charge >= 0.3 is 6.09 Å². The molecule has 108 valence electrons. The molecule has 1 aliphatic heterocycles. The molecule has 0 spiro atoms. The lowest BCUT2D eigenvalue weighted by Gasteiger charge is -2.35. The third-order valence-corrected chi connectivity index (χ3v) is 3.31. The quantitative estimate of drug-likeness (QED) is 0.786. The van der Waals surface area contributed by atoms with Crippen molar-refractivity contribution in [3.63, 3.8) is 0 Å². The normalized spacial score (nSPS) is 24.2. The molecule has 0 aromatic rings. The zero-order chi connectivity index (χ0) is 14.0. The van der Waals surface area contributed by atoms with E-state index in [0.717, 1.165) is 12.8 Å². The minimum Gasteiger partial charge on any atom is -0.444 e. The molecule has 2 aliphatic rings. The van der Waals surface area contributed by atoms with E-state index < -0.39 is 17.7 Å². The Labute approximate surface area is 114 Å². The lowest BCUT2D eigenvalue weighted by atomic mass is 10.1. The first-order valence-electron chi connectivity index (χ1n) is 6.97. The van der Waals surface area contributed by atoms with Gasteiger partial charge in [-0.2, -0.15) is 0 Å². The highest BCUT2D eigenvalue weighted by Gasteiger charge is 2.37. The molecule has 1 amide bonds. The second-order valence-corrected chi connectivity index (χ2v) is 6.38. The van der Waals surface area contributed by atoms with E-state index in [0.29, 0.717) is 32.1 Å². The summed E-state index contributed by atoms with van der Waals surface area (Å²) in [6.45, 7) is 6.67. The maximum Gasteiger partial charge on any atom is 0.411 e. The highest BCUT2D eigenvalue weighted by molar-refractivity contribution is 5.88. The van der Waals surface area contributed by atoms with E-state index in [4.69, 9.17) is 9.47 Å². The number of carbonyl (C=O) groups is 2. The second-order valence-electron chi connectivity index (χ2n) is 6.38. The number of morpholine rings is 1. The van der Waals surface area contributed by atoms with Crippen LogP contribution in [-0.4, -0.2) is 48.2 Å². The first-order chi connectivity index (χ1) is 8.87. The number of amides is 1. The average Bonchev–Trinajstić information content (AvgIpc) is 3.10. The molecule has 19 heavy (non-hydrogen) atoms. The molecule has 2 rings (SSSR count). The van der Waals surface area contributed by atoms with Gasteiger partial charge in [-0.1, -0.05) is 0 Å². The van der Waals surface area contributed by atoms with E-state index in [9.17, 15) is 9.59 Å². The Hall–Kier alpha value is -1.10. The smallest absolute Gasteiger partial charge is 0.411 e. The maximum atomic E-state index is 12.2. The molecule has 0 aromatic carbocycles. The molecule has 0 bridgehead atoms. The SMILES string of the molecule is CC(C)(C)OC(=O)N1CCOCC1C(=O)CC1CC1. The van der Waals surface area contributed by atoms with Crippen molar-refractivity contribution in [3.8, 4) is 0 Å². The van der Waals surface area contributed by atoms with E-state index in [2.05, 4.69) is 0 Å². The minimum atomic E-state index is -0.542. The predicted molar refractivity (Wildman–Crippen MR) is 69.9 cm³/mol. The van der Waals surface area contributed by atoms with Crippen LogP contribution in [0, 0.1) is 5.92 Å². The van der Waals surface area contributed by atoms with Gasteiger partial charge in [0, 0.05) is 13.0 Å². The highest BCUT2D eigenvalue weighted by Crippen LogP contribution is 2.33. The molecular formula is C14H23NO4. The highest BCUT2D eigenvalue weighted by atomic mass is 16.6. The summed E-state index contributed by atoms with van der Waals surface area (Å²) in [6.07, 6.45) is 2.41. The summed E-state index contributed by atoms with van der Waals surface area (Å²) in [7, 11) is 0. The predicted octanol–water partition coefficient (Wildman–Crippen LogP) is 1.99. The van der Waals surface area contributed by atoms with Crippen molar-refractivity contribution in [2.24, 2.45) is 5.92 Å². The number of ether oxygens (including phenoxy) is 2. The van der Waals surface area contributed by atoms with Crippen molar-refractivity contribution < 1.29 is 19.1 Å². The molecule has 0 radical (unpaired) electrons. The standard InChI is InChI=1S/C14H23NO4/c1-14(2,3)19-13(17)15-6-7-18-9-11(15)12(16)8-10-4-5-10/h10-11H,4-9H2,1-3H3. The van der Waals surface area contributed by atoms with E-state index in [1.165, 1.54) is 4.90 Å². The molecule has 1 saturated heterocycles. The molecule has 1 atom stereocenters. The number of ketones is 1. The van der Waals surface area contributed by atoms with Crippen LogP contribution in [-0.2, 0) is 14.3 Å². The van der Waals surface area contributed by atoms with Gasteiger partial charge in [-0.25, -0.2) is 4.79 Å². The fourth-order valence-corrected chi connectivity index (χ4v) is 2.15. The second kappa shape index (κ2) is 5.49. The largest absolute Gasteiger partial charge is 0.444 e. The third kappa shape index (κ3) is 4.20. The van der Waals surface area contributed by atoms with Gasteiger partial charge < -0.3 is 9.47 Å². The average molecular weight is 269 g/mol. The third-order valence-electron chi connectivity index (χ3n) is 3.31. The Bertz CT molecular complexity index is 357. The zero-order valence-corrected chi connectivity index (χ0v) is 12.0. The summed E-state index contributed by atoms with van der Waals surface area (Å²) in [5.74, 6) is 0.628. The van der Waals surface area contributed by atoms with Crippen LogP contribution in [0.3, 0.4) is 0 Å². The monoisotopic (exact) mass is 269 g/mol. The summed E-state index contributed by atoms with van der Waals surface area (Å²) in [5.41, 5.74) is -0.542. The number of hydrogen-bond donors (Lipinski definition) is 0. The molecule has 2 fully saturated rings. The van der Waals surface area contributed by atoms with Gasteiger partial charge in [0.2, 0.25) is 0 Å². The zero-order valence-electron chi connectivity index (χ0n) is 12.0. The van der Waals surface area contributed by atoms with Crippen LogP contribution in [0.15, 0.2) is 0 Å². The summed E-state index contributed by atoms with van der Waals surface area (Å²) in [4.78, 5) is 25.9. The Balaban J connectivity index is 1.98. The van der Waals surface area contributed by atoms with Crippen molar-refractivity contribution in [1.29, 1.82) is 0 Å². The van der Waals surface area contributed by atoms with Crippen molar-refractivity contribution in [2.45, 2.75) is 51.7 Å². The van der Waals surface area contributed by atoms with Crippen LogP contribution in [0.1, 0.15) is 40.0 Å². The van der Waals surface area contributed by atoms with Crippen molar-refractivity contribution in [3.05, 3.63) is 0 Å². The van der Waals surface area contributed by atoms with Crippen molar-refractivity contribution in [1.82, 2.24) is 4.90 Å². The molecule has 1 aliphatic carbocycles. The van der Waals surface area contributed by atoms with Gasteiger partial charge in [0.1, 0.15) is 11.6 Å². The summed E-state index contributed by atoms with van der Waals surface area (Å²) < 4.78 is 10.7. The van der Waals surface area contributed by atoms with Gasteiger partial charge in [-0.15, -0.1) is 0 Å². The Kier molecular flexibility index (Phi) is 4.13. The van der Waals surface area contributed by atoms with Crippen LogP contribution in [0.5, 0.6) is 0 Å². The van der Waals surface area contributed by atoms with Gasteiger partial charge in [0.15, 0.2) is 5.78 Å². The number of hydrogen-bond acceptors (Lipinski definition) is 4. The molecule has 1 unspecified atom stereocenters. The van der Waals surface area contributed by atoms with Gasteiger partial charge in [-0.05, 0) is 39.5 Å². The van der Waals surface area contributed by atoms with Crippen LogP contribution in [0.4, 0.5) is 4.79 Å². The fraction of sp³-hybridized carbons (Fsp3) is 0.857. The van der Waals surface area contributed by atoms with Gasteiger partial charge in [-0.3, -0.25) is 9.69 Å². The molecule has 5 nitrogen and oxygen atoms in total. The number of carbonyl (C=O) groups excluding carboxylic acids is 2. The molecule has 5 heteroatoms. The first-order valence-corrected chi connectivity index (χ1v) is 6.97. The van der Waals surface area contributed by atoms with Gasteiger partial charge in [0.05, 0.1) is 13.2 Å². The number of Topliss-reactive ketones (excluding diaryl/α,β-unsaturated/α-hetero) is 1. The Morgan fingerprint density at radius 2 is 2.00 bits per heavy atom. The van der Waals surface area contributed by atoms with Crippen LogP contribution < -0.4 is 0 Å².